The molecule has 0 saturated carbocycles. The van der Waals surface area contributed by atoms with E-state index in [9.17, 15) is 30.8 Å². The third-order valence-corrected chi connectivity index (χ3v) is 3.68. The lowest BCUT2D eigenvalue weighted by atomic mass is 9.95. The zero-order valence-corrected chi connectivity index (χ0v) is 10.3. The second-order valence-electron chi connectivity index (χ2n) is 4.08. The summed E-state index contributed by atoms with van der Waals surface area (Å²) in [7, 11) is -5.84. The van der Waals surface area contributed by atoms with Gasteiger partial charge >= 0.3 is 21.7 Å². The fraction of sp³-hybridized carbons (Fsp3) is 0.875. The SMILES string of the molecule is O=C(O)N1CCC(F)(COS(=O)(=O)C(F)(F)F)CC1. The molecule has 0 aromatic carbocycles. The van der Waals surface area contributed by atoms with Crippen LogP contribution in [0.5, 0.6) is 0 Å². The van der Waals surface area contributed by atoms with Crippen molar-refractivity contribution in [3.05, 3.63) is 0 Å². The van der Waals surface area contributed by atoms with E-state index in [0.717, 1.165) is 4.90 Å². The maximum atomic E-state index is 14.0. The number of nitrogens with zero attached hydrogens (tertiary/aromatic N) is 1. The van der Waals surface area contributed by atoms with Gasteiger partial charge in [0.15, 0.2) is 0 Å². The van der Waals surface area contributed by atoms with Gasteiger partial charge in [-0.05, 0) is 0 Å². The van der Waals surface area contributed by atoms with E-state index in [1.165, 1.54) is 0 Å². The molecule has 11 heteroatoms. The first-order valence-electron chi connectivity index (χ1n) is 5.09. The van der Waals surface area contributed by atoms with Gasteiger partial charge in [-0.15, -0.1) is 0 Å². The fourth-order valence-corrected chi connectivity index (χ4v) is 1.99. The van der Waals surface area contributed by atoms with E-state index < -0.39 is 46.8 Å². The van der Waals surface area contributed by atoms with Crippen LogP contribution < -0.4 is 0 Å². The van der Waals surface area contributed by atoms with Crippen LogP contribution in [0, 0.1) is 0 Å². The van der Waals surface area contributed by atoms with Crippen molar-refractivity contribution in [2.24, 2.45) is 0 Å². The van der Waals surface area contributed by atoms with Crippen molar-refractivity contribution in [3.8, 4) is 0 Å². The standard InChI is InChI=1S/C8H11F4NO5S/c9-7(1-3-13(4-2-7)6(14)15)5-18-19(16,17)8(10,11)12/h1-5H2,(H,14,15). The van der Waals surface area contributed by atoms with Crippen LogP contribution in [0.1, 0.15) is 12.8 Å². The van der Waals surface area contributed by atoms with Gasteiger partial charge in [0.2, 0.25) is 0 Å². The van der Waals surface area contributed by atoms with Gasteiger partial charge in [0.1, 0.15) is 12.3 Å². The van der Waals surface area contributed by atoms with E-state index in [1.54, 1.807) is 0 Å². The molecular formula is C8H11F4NO5S. The number of amides is 1. The van der Waals surface area contributed by atoms with Crippen molar-refractivity contribution >= 4 is 16.2 Å². The van der Waals surface area contributed by atoms with Crippen molar-refractivity contribution in [1.82, 2.24) is 4.90 Å². The van der Waals surface area contributed by atoms with Gasteiger partial charge in [0.05, 0.1) is 0 Å². The molecule has 1 saturated heterocycles. The lowest BCUT2D eigenvalue weighted by Crippen LogP contribution is -2.47. The Labute approximate surface area is 106 Å². The van der Waals surface area contributed by atoms with Crippen LogP contribution >= 0.6 is 0 Å². The molecule has 1 heterocycles. The molecular weight excluding hydrogens is 298 g/mol. The molecule has 0 spiro atoms. The predicted octanol–water partition coefficient (Wildman–Crippen LogP) is 1.33. The van der Waals surface area contributed by atoms with Crippen molar-refractivity contribution < 1.29 is 40.1 Å². The molecule has 0 atom stereocenters. The third kappa shape index (κ3) is 3.93. The summed E-state index contributed by atoms with van der Waals surface area (Å²) in [5, 5.41) is 8.60. The summed E-state index contributed by atoms with van der Waals surface area (Å²) in [6.45, 7) is -1.75. The molecule has 0 radical (unpaired) electrons. The summed E-state index contributed by atoms with van der Waals surface area (Å²) in [6, 6.07) is 0. The Balaban J connectivity index is 2.58. The predicted molar refractivity (Wildman–Crippen MR) is 53.6 cm³/mol. The molecule has 1 rings (SSSR count). The Morgan fingerprint density at radius 1 is 1.32 bits per heavy atom. The van der Waals surface area contributed by atoms with Crippen molar-refractivity contribution in [2.45, 2.75) is 24.0 Å². The Morgan fingerprint density at radius 2 is 1.79 bits per heavy atom. The number of carboxylic acid groups (broad SMARTS) is 1. The maximum Gasteiger partial charge on any atom is 0.523 e. The topological polar surface area (TPSA) is 83.9 Å². The first-order valence-corrected chi connectivity index (χ1v) is 6.50. The van der Waals surface area contributed by atoms with Crippen molar-refractivity contribution in [2.75, 3.05) is 19.7 Å². The monoisotopic (exact) mass is 309 g/mol. The lowest BCUT2D eigenvalue weighted by Gasteiger charge is -2.34. The van der Waals surface area contributed by atoms with Crippen LogP contribution in [0.15, 0.2) is 0 Å². The summed E-state index contributed by atoms with van der Waals surface area (Å²) >= 11 is 0. The highest BCUT2D eigenvalue weighted by Gasteiger charge is 2.49. The Morgan fingerprint density at radius 3 is 2.16 bits per heavy atom. The van der Waals surface area contributed by atoms with Crippen molar-refractivity contribution in [3.63, 3.8) is 0 Å². The van der Waals surface area contributed by atoms with Crippen molar-refractivity contribution in [1.29, 1.82) is 0 Å². The number of rotatable bonds is 3. The second kappa shape index (κ2) is 5.12. The second-order valence-corrected chi connectivity index (χ2v) is 5.69. The fourth-order valence-electron chi connectivity index (χ4n) is 1.49. The average molecular weight is 309 g/mol. The molecule has 0 unspecified atom stereocenters. The van der Waals surface area contributed by atoms with Gasteiger partial charge in [-0.25, -0.2) is 9.18 Å². The average Bonchev–Trinajstić information content (AvgIpc) is 2.26. The van der Waals surface area contributed by atoms with Crippen LogP contribution in [0.2, 0.25) is 0 Å². The van der Waals surface area contributed by atoms with Crippen LogP contribution in [-0.2, 0) is 14.3 Å². The summed E-state index contributed by atoms with van der Waals surface area (Å²) in [6.07, 6.45) is -2.12. The highest BCUT2D eigenvalue weighted by Crippen LogP contribution is 2.30. The molecule has 1 amide bonds. The van der Waals surface area contributed by atoms with Gasteiger partial charge in [0, 0.05) is 25.9 Å². The summed E-state index contributed by atoms with van der Waals surface area (Å²) < 4.78 is 74.6. The molecule has 1 aliphatic rings. The molecule has 19 heavy (non-hydrogen) atoms. The van der Waals surface area contributed by atoms with E-state index in [-0.39, 0.29) is 13.1 Å². The Kier molecular flexibility index (Phi) is 4.30. The summed E-state index contributed by atoms with van der Waals surface area (Å²) in [5.74, 6) is 0. The van der Waals surface area contributed by atoms with E-state index in [1.807, 2.05) is 0 Å². The maximum absolute atomic E-state index is 14.0. The minimum absolute atomic E-state index is 0.235. The minimum Gasteiger partial charge on any atom is -0.465 e. The zero-order chi connectivity index (χ0) is 14.9. The molecule has 0 aliphatic carbocycles. The molecule has 0 bridgehead atoms. The number of alkyl halides is 4. The van der Waals surface area contributed by atoms with E-state index in [2.05, 4.69) is 4.18 Å². The zero-order valence-electron chi connectivity index (χ0n) is 9.48. The smallest absolute Gasteiger partial charge is 0.465 e. The van der Waals surface area contributed by atoms with Gasteiger partial charge in [-0.2, -0.15) is 21.6 Å². The first kappa shape index (κ1) is 16.0. The number of carbonyl (C=O) groups is 1. The molecule has 1 aliphatic heterocycles. The van der Waals surface area contributed by atoms with E-state index >= 15 is 0 Å². The quantitative estimate of drug-likeness (QED) is 0.483. The molecule has 1 fully saturated rings. The van der Waals surface area contributed by atoms with Crippen LogP contribution in [0.4, 0.5) is 22.4 Å². The number of hydrogen-bond acceptors (Lipinski definition) is 4. The Hall–Kier alpha value is -1.10. The molecule has 6 nitrogen and oxygen atoms in total. The normalized spacial score (nSPS) is 20.3. The number of piperidine rings is 1. The molecule has 0 aromatic heterocycles. The first-order chi connectivity index (χ1) is 8.47. The summed E-state index contributed by atoms with van der Waals surface area (Å²) in [4.78, 5) is 11.4. The van der Waals surface area contributed by atoms with E-state index in [0.29, 0.717) is 0 Å². The van der Waals surface area contributed by atoms with Gasteiger partial charge in [-0.3, -0.25) is 4.18 Å². The Bertz CT molecular complexity index is 441. The largest absolute Gasteiger partial charge is 0.523 e. The minimum atomic E-state index is -5.84. The highest BCUT2D eigenvalue weighted by molar-refractivity contribution is 7.87. The number of likely N-dealkylation sites (tertiary alicyclic amines) is 1. The summed E-state index contributed by atoms with van der Waals surface area (Å²) in [5.41, 5.74) is -7.89. The molecule has 112 valence electrons. The van der Waals surface area contributed by atoms with Gasteiger partial charge < -0.3 is 10.0 Å². The highest BCUT2D eigenvalue weighted by atomic mass is 32.2. The molecule has 0 aromatic rings. The van der Waals surface area contributed by atoms with Gasteiger partial charge in [-0.1, -0.05) is 0 Å². The van der Waals surface area contributed by atoms with Crippen LogP contribution in [0.25, 0.3) is 0 Å². The van der Waals surface area contributed by atoms with Crippen LogP contribution in [0.3, 0.4) is 0 Å². The van der Waals surface area contributed by atoms with Crippen LogP contribution in [-0.4, -0.2) is 55.4 Å². The third-order valence-electron chi connectivity index (χ3n) is 2.69. The molecule has 1 N–H and O–H groups in total. The number of hydrogen-bond donors (Lipinski definition) is 1. The van der Waals surface area contributed by atoms with Gasteiger partial charge in [0.25, 0.3) is 0 Å². The van der Waals surface area contributed by atoms with E-state index in [4.69, 9.17) is 5.11 Å². The number of halogens is 4. The lowest BCUT2D eigenvalue weighted by molar-refractivity contribution is -0.0597.